The number of ether oxygens (including phenoxy) is 1. The maximum absolute atomic E-state index is 12.8. The number of aromatic nitrogens is 1. The number of pyridine rings is 1. The van der Waals surface area contributed by atoms with E-state index in [0.29, 0.717) is 25.2 Å². The van der Waals surface area contributed by atoms with Crippen LogP contribution in [0.2, 0.25) is 0 Å². The zero-order valence-corrected chi connectivity index (χ0v) is 15.9. The van der Waals surface area contributed by atoms with E-state index in [1.165, 1.54) is 0 Å². The summed E-state index contributed by atoms with van der Waals surface area (Å²) in [4.78, 5) is 20.5. The molecule has 26 heavy (non-hydrogen) atoms. The average Bonchev–Trinajstić information content (AvgIpc) is 3.07. The van der Waals surface area contributed by atoms with E-state index in [1.807, 2.05) is 6.92 Å². The molecule has 0 radical (unpaired) electrons. The molecule has 0 bridgehead atoms. The number of carbonyl (C=O) groups is 1. The Kier molecular flexibility index (Phi) is 4.53. The molecule has 1 atom stereocenters. The Morgan fingerprint density at radius 3 is 2.73 bits per heavy atom. The van der Waals surface area contributed by atoms with Gasteiger partial charge in [-0.15, -0.1) is 0 Å². The molecule has 0 aromatic carbocycles. The van der Waals surface area contributed by atoms with Crippen LogP contribution in [0.15, 0.2) is 18.5 Å². The molecule has 4 rings (SSSR count). The highest BCUT2D eigenvalue weighted by Crippen LogP contribution is 2.34. The second kappa shape index (κ2) is 6.58. The fourth-order valence-electron chi connectivity index (χ4n) is 4.15. The summed E-state index contributed by atoms with van der Waals surface area (Å²) in [6, 6.07) is 1.80. The van der Waals surface area contributed by atoms with Gasteiger partial charge in [-0.1, -0.05) is 0 Å². The molecule has 0 aliphatic carbocycles. The Balaban J connectivity index is 1.39. The SMILES string of the molecule is Cc1ccncc1C(=O)N1CC2(C1)CS(=O)(=O)[C@@H](CN1CCCC1)CO2. The second-order valence-electron chi connectivity index (χ2n) is 7.78. The lowest BCUT2D eigenvalue weighted by Crippen LogP contribution is -2.71. The quantitative estimate of drug-likeness (QED) is 0.761. The van der Waals surface area contributed by atoms with E-state index >= 15 is 0 Å². The van der Waals surface area contributed by atoms with Gasteiger partial charge in [0.05, 0.1) is 36.3 Å². The van der Waals surface area contributed by atoms with Crippen molar-refractivity contribution in [3.63, 3.8) is 0 Å². The molecule has 1 aromatic heterocycles. The van der Waals surface area contributed by atoms with Crippen molar-refractivity contribution in [1.29, 1.82) is 0 Å². The van der Waals surface area contributed by atoms with Gasteiger partial charge >= 0.3 is 0 Å². The minimum Gasteiger partial charge on any atom is -0.369 e. The number of nitrogens with zero attached hydrogens (tertiary/aromatic N) is 3. The maximum atomic E-state index is 12.8. The molecule has 7 nitrogen and oxygen atoms in total. The van der Waals surface area contributed by atoms with Crippen LogP contribution in [0.25, 0.3) is 0 Å². The summed E-state index contributed by atoms with van der Waals surface area (Å²) in [5.74, 6) is -0.102. The third kappa shape index (κ3) is 3.25. The first kappa shape index (κ1) is 17.9. The van der Waals surface area contributed by atoms with E-state index in [0.717, 1.165) is 31.5 Å². The summed E-state index contributed by atoms with van der Waals surface area (Å²) in [6.07, 6.45) is 5.50. The molecule has 3 aliphatic rings. The van der Waals surface area contributed by atoms with Crippen LogP contribution in [0, 0.1) is 6.92 Å². The summed E-state index contributed by atoms with van der Waals surface area (Å²) in [5.41, 5.74) is 0.702. The van der Waals surface area contributed by atoms with Gasteiger partial charge in [0.1, 0.15) is 5.60 Å². The molecular formula is C18H25N3O4S. The lowest BCUT2D eigenvalue weighted by Gasteiger charge is -2.52. The van der Waals surface area contributed by atoms with Crippen LogP contribution < -0.4 is 0 Å². The average molecular weight is 379 g/mol. The Morgan fingerprint density at radius 1 is 1.35 bits per heavy atom. The van der Waals surface area contributed by atoms with Gasteiger partial charge in [-0.05, 0) is 44.5 Å². The van der Waals surface area contributed by atoms with Crippen LogP contribution in [-0.2, 0) is 14.6 Å². The van der Waals surface area contributed by atoms with Crippen LogP contribution in [0.3, 0.4) is 0 Å². The highest BCUT2D eigenvalue weighted by molar-refractivity contribution is 7.92. The molecule has 4 heterocycles. The largest absolute Gasteiger partial charge is 0.369 e. The minimum absolute atomic E-state index is 0.00824. The third-order valence-corrected chi connectivity index (χ3v) is 7.95. The molecule has 8 heteroatoms. The van der Waals surface area contributed by atoms with E-state index in [2.05, 4.69) is 9.88 Å². The first-order valence-electron chi connectivity index (χ1n) is 9.16. The molecule has 0 unspecified atom stereocenters. The van der Waals surface area contributed by atoms with Crippen molar-refractivity contribution < 1.29 is 17.9 Å². The summed E-state index contributed by atoms with van der Waals surface area (Å²) in [7, 11) is -3.22. The fraction of sp³-hybridized carbons (Fsp3) is 0.667. The van der Waals surface area contributed by atoms with E-state index in [4.69, 9.17) is 4.74 Å². The van der Waals surface area contributed by atoms with E-state index in [1.54, 1.807) is 23.4 Å². The van der Waals surface area contributed by atoms with Gasteiger partial charge in [0.25, 0.3) is 5.91 Å². The van der Waals surface area contributed by atoms with Gasteiger partial charge in [-0.3, -0.25) is 9.78 Å². The minimum atomic E-state index is -3.22. The molecule has 1 spiro atoms. The third-order valence-electron chi connectivity index (χ3n) is 5.72. The molecule has 3 aliphatic heterocycles. The molecule has 1 amide bonds. The summed E-state index contributed by atoms with van der Waals surface area (Å²) in [5, 5.41) is -0.448. The zero-order chi connectivity index (χ0) is 18.4. The lowest BCUT2D eigenvalue weighted by atomic mass is 9.94. The number of hydrogen-bond donors (Lipinski definition) is 0. The van der Waals surface area contributed by atoms with Gasteiger partial charge in [0.15, 0.2) is 9.84 Å². The van der Waals surface area contributed by atoms with Gasteiger partial charge in [-0.2, -0.15) is 0 Å². The predicted octanol–water partition coefficient (Wildman–Crippen LogP) is 0.494. The van der Waals surface area contributed by atoms with Crippen molar-refractivity contribution in [3.05, 3.63) is 29.6 Å². The number of aryl methyl sites for hydroxylation is 1. The van der Waals surface area contributed by atoms with Crippen molar-refractivity contribution in [2.45, 2.75) is 30.6 Å². The Hall–Kier alpha value is -1.51. The molecule has 142 valence electrons. The number of amides is 1. The zero-order valence-electron chi connectivity index (χ0n) is 15.1. The van der Waals surface area contributed by atoms with E-state index in [9.17, 15) is 13.2 Å². The lowest BCUT2D eigenvalue weighted by molar-refractivity contribution is -0.121. The van der Waals surface area contributed by atoms with Crippen LogP contribution in [-0.4, -0.2) is 85.0 Å². The van der Waals surface area contributed by atoms with Gasteiger partial charge in [0, 0.05) is 18.9 Å². The topological polar surface area (TPSA) is 79.8 Å². The molecule has 0 saturated carbocycles. The van der Waals surface area contributed by atoms with Crippen LogP contribution in [0.1, 0.15) is 28.8 Å². The molecule has 3 saturated heterocycles. The first-order valence-corrected chi connectivity index (χ1v) is 10.9. The number of hydrogen-bond acceptors (Lipinski definition) is 6. The first-order chi connectivity index (χ1) is 12.4. The highest BCUT2D eigenvalue weighted by atomic mass is 32.2. The Labute approximate surface area is 154 Å². The fourth-order valence-corrected chi connectivity index (χ4v) is 6.10. The maximum Gasteiger partial charge on any atom is 0.255 e. The van der Waals surface area contributed by atoms with Gasteiger partial charge in [-0.25, -0.2) is 8.42 Å². The second-order valence-corrected chi connectivity index (χ2v) is 10.1. The van der Waals surface area contributed by atoms with Gasteiger partial charge in [0.2, 0.25) is 0 Å². The normalized spacial score (nSPS) is 27.4. The molecular weight excluding hydrogens is 354 g/mol. The summed E-state index contributed by atoms with van der Waals surface area (Å²) < 4.78 is 31.5. The predicted molar refractivity (Wildman–Crippen MR) is 96.8 cm³/mol. The number of sulfone groups is 1. The monoisotopic (exact) mass is 379 g/mol. The molecule has 3 fully saturated rings. The molecule has 0 N–H and O–H groups in total. The highest BCUT2D eigenvalue weighted by Gasteiger charge is 2.54. The smallest absolute Gasteiger partial charge is 0.255 e. The van der Waals surface area contributed by atoms with Crippen molar-refractivity contribution in [3.8, 4) is 0 Å². The standard InChI is InChI=1S/C18H25N3O4S/c1-14-4-5-19-8-16(14)17(22)21-11-18(12-21)13-26(23,24)15(10-25-18)9-20-6-2-3-7-20/h4-5,8,15H,2-3,6-7,9-13H2,1H3/t15-/m0/s1. The number of carbonyl (C=O) groups excluding carboxylic acids is 1. The van der Waals surface area contributed by atoms with Crippen molar-refractivity contribution >= 4 is 15.7 Å². The summed E-state index contributed by atoms with van der Waals surface area (Å²) in [6.45, 7) is 5.27. The van der Waals surface area contributed by atoms with E-state index < -0.39 is 20.7 Å². The number of rotatable bonds is 3. The Morgan fingerprint density at radius 2 is 2.08 bits per heavy atom. The Bertz CT molecular complexity index is 798. The van der Waals surface area contributed by atoms with Crippen LogP contribution in [0.5, 0.6) is 0 Å². The molecule has 1 aromatic rings. The van der Waals surface area contributed by atoms with Crippen LogP contribution >= 0.6 is 0 Å². The van der Waals surface area contributed by atoms with Crippen molar-refractivity contribution in [2.75, 3.05) is 45.1 Å². The van der Waals surface area contributed by atoms with E-state index in [-0.39, 0.29) is 18.3 Å². The number of likely N-dealkylation sites (tertiary alicyclic amines) is 2. The summed E-state index contributed by atoms with van der Waals surface area (Å²) >= 11 is 0. The van der Waals surface area contributed by atoms with Crippen molar-refractivity contribution in [2.24, 2.45) is 0 Å². The van der Waals surface area contributed by atoms with Gasteiger partial charge < -0.3 is 14.5 Å². The van der Waals surface area contributed by atoms with Crippen LogP contribution in [0.4, 0.5) is 0 Å². The van der Waals surface area contributed by atoms with Crippen molar-refractivity contribution in [1.82, 2.24) is 14.8 Å².